The topological polar surface area (TPSA) is 71.6 Å². The van der Waals surface area contributed by atoms with Gasteiger partial charge in [0.15, 0.2) is 5.82 Å². The quantitative estimate of drug-likeness (QED) is 0.764. The maximum Gasteiger partial charge on any atom is 0.231 e. The van der Waals surface area contributed by atoms with Gasteiger partial charge >= 0.3 is 0 Å². The molecule has 26 heavy (non-hydrogen) atoms. The molecule has 1 N–H and O–H groups in total. The summed E-state index contributed by atoms with van der Waals surface area (Å²) in [6.45, 7) is 10.7. The monoisotopic (exact) mass is 357 g/mol. The van der Waals surface area contributed by atoms with E-state index in [0.717, 1.165) is 42.8 Å². The zero-order valence-corrected chi connectivity index (χ0v) is 15.6. The standard InChI is InChI=1S/C20H27N3O3/c1-4-7-15-10-18(25-5-2)11-17(19(15)24)13-23-9-6-8-16(12-23)20-21-14(3)22-26-20/h4,10-11,16,24H,1,5-9,12-13H2,2-3H3. The van der Waals surface area contributed by atoms with Crippen LogP contribution in [0.2, 0.25) is 0 Å². The molecule has 3 rings (SSSR count). The third kappa shape index (κ3) is 4.25. The highest BCUT2D eigenvalue weighted by Crippen LogP contribution is 2.32. The Balaban J connectivity index is 1.77. The average Bonchev–Trinajstić information content (AvgIpc) is 3.06. The molecule has 0 aliphatic carbocycles. The summed E-state index contributed by atoms with van der Waals surface area (Å²) in [5.74, 6) is 2.76. The van der Waals surface area contributed by atoms with Gasteiger partial charge in [-0.2, -0.15) is 4.98 Å². The Morgan fingerprint density at radius 2 is 2.23 bits per heavy atom. The number of piperidine rings is 1. The number of benzene rings is 1. The first-order chi connectivity index (χ1) is 12.6. The van der Waals surface area contributed by atoms with Gasteiger partial charge in [-0.25, -0.2) is 0 Å². The van der Waals surface area contributed by atoms with Crippen molar-refractivity contribution in [1.29, 1.82) is 0 Å². The number of aryl methyl sites for hydroxylation is 1. The molecule has 1 saturated heterocycles. The fourth-order valence-corrected chi connectivity index (χ4v) is 3.53. The van der Waals surface area contributed by atoms with E-state index in [9.17, 15) is 5.11 Å². The Bertz CT molecular complexity index is 757. The molecule has 1 unspecified atom stereocenters. The van der Waals surface area contributed by atoms with Crippen molar-refractivity contribution in [2.45, 2.75) is 45.6 Å². The lowest BCUT2D eigenvalue weighted by molar-refractivity contribution is 0.178. The first-order valence-corrected chi connectivity index (χ1v) is 9.21. The highest BCUT2D eigenvalue weighted by Gasteiger charge is 2.26. The van der Waals surface area contributed by atoms with Crippen molar-refractivity contribution < 1.29 is 14.4 Å². The predicted molar refractivity (Wildman–Crippen MR) is 99.5 cm³/mol. The lowest BCUT2D eigenvalue weighted by Gasteiger charge is -2.31. The summed E-state index contributed by atoms with van der Waals surface area (Å²) in [7, 11) is 0. The second-order valence-corrected chi connectivity index (χ2v) is 6.77. The molecule has 1 fully saturated rings. The molecule has 0 saturated carbocycles. The normalized spacial score (nSPS) is 18.0. The first kappa shape index (κ1) is 18.5. The van der Waals surface area contributed by atoms with Crippen LogP contribution >= 0.6 is 0 Å². The van der Waals surface area contributed by atoms with Crippen molar-refractivity contribution >= 4 is 0 Å². The number of hydrogen-bond donors (Lipinski definition) is 1. The number of rotatable bonds is 7. The van der Waals surface area contributed by atoms with Gasteiger partial charge < -0.3 is 14.4 Å². The minimum absolute atomic E-state index is 0.245. The number of aromatic hydroxyl groups is 1. The number of hydrogen-bond acceptors (Lipinski definition) is 6. The van der Waals surface area contributed by atoms with Crippen LogP contribution in [-0.4, -0.2) is 39.8 Å². The van der Waals surface area contributed by atoms with Crippen molar-refractivity contribution in [3.8, 4) is 11.5 Å². The second kappa shape index (κ2) is 8.36. The van der Waals surface area contributed by atoms with E-state index in [0.29, 0.717) is 37.0 Å². The van der Waals surface area contributed by atoms with Gasteiger partial charge in [-0.1, -0.05) is 11.2 Å². The summed E-state index contributed by atoms with van der Waals surface area (Å²) in [6, 6.07) is 3.83. The molecule has 6 nitrogen and oxygen atoms in total. The molecule has 1 aliphatic heterocycles. The summed E-state index contributed by atoms with van der Waals surface area (Å²) in [6.07, 6.45) is 4.52. The number of ether oxygens (including phenoxy) is 1. The van der Waals surface area contributed by atoms with Crippen LogP contribution in [0.1, 0.15) is 48.5 Å². The number of phenolic OH excluding ortho intramolecular Hbond substituents is 1. The maximum atomic E-state index is 10.7. The molecular weight excluding hydrogens is 330 g/mol. The van der Waals surface area contributed by atoms with E-state index in [-0.39, 0.29) is 5.92 Å². The molecule has 0 amide bonds. The largest absolute Gasteiger partial charge is 0.507 e. The lowest BCUT2D eigenvalue weighted by Crippen LogP contribution is -2.34. The fraction of sp³-hybridized carbons (Fsp3) is 0.500. The first-order valence-electron chi connectivity index (χ1n) is 9.21. The van der Waals surface area contributed by atoms with Crippen molar-refractivity contribution in [3.05, 3.63) is 47.6 Å². The molecule has 0 spiro atoms. The summed E-state index contributed by atoms with van der Waals surface area (Å²) < 4.78 is 11.0. The Kier molecular flexibility index (Phi) is 5.93. The molecule has 1 aromatic heterocycles. The van der Waals surface area contributed by atoms with E-state index >= 15 is 0 Å². The molecule has 140 valence electrons. The van der Waals surface area contributed by atoms with E-state index in [2.05, 4.69) is 21.6 Å². The maximum absolute atomic E-state index is 10.7. The van der Waals surface area contributed by atoms with Crippen molar-refractivity contribution in [2.24, 2.45) is 0 Å². The SMILES string of the molecule is C=CCc1cc(OCC)cc(CN2CCCC(c3nc(C)no3)C2)c1O. The van der Waals surface area contributed by atoms with E-state index in [1.54, 1.807) is 6.08 Å². The van der Waals surface area contributed by atoms with Crippen LogP contribution in [0.3, 0.4) is 0 Å². The molecule has 0 bridgehead atoms. The highest BCUT2D eigenvalue weighted by molar-refractivity contribution is 5.47. The van der Waals surface area contributed by atoms with E-state index in [4.69, 9.17) is 9.26 Å². The van der Waals surface area contributed by atoms with Gasteiger partial charge in [-0.3, -0.25) is 4.90 Å². The number of allylic oxidation sites excluding steroid dienone is 1. The van der Waals surface area contributed by atoms with Gasteiger partial charge in [-0.15, -0.1) is 6.58 Å². The van der Waals surface area contributed by atoms with E-state index in [1.165, 1.54) is 0 Å². The van der Waals surface area contributed by atoms with Gasteiger partial charge in [0.2, 0.25) is 5.89 Å². The van der Waals surface area contributed by atoms with Crippen LogP contribution in [0.15, 0.2) is 29.3 Å². The van der Waals surface area contributed by atoms with Gasteiger partial charge in [0, 0.05) is 24.2 Å². The van der Waals surface area contributed by atoms with Gasteiger partial charge in [0.1, 0.15) is 11.5 Å². The molecular formula is C20H27N3O3. The summed E-state index contributed by atoms with van der Waals surface area (Å²) in [5.41, 5.74) is 1.73. The van der Waals surface area contributed by atoms with Gasteiger partial charge in [0.25, 0.3) is 0 Å². The van der Waals surface area contributed by atoms with Crippen LogP contribution < -0.4 is 4.74 Å². The molecule has 0 radical (unpaired) electrons. The summed E-state index contributed by atoms with van der Waals surface area (Å²) in [4.78, 5) is 6.71. The molecule has 1 aliphatic rings. The van der Waals surface area contributed by atoms with Crippen LogP contribution in [0, 0.1) is 6.92 Å². The zero-order chi connectivity index (χ0) is 18.5. The summed E-state index contributed by atoms with van der Waals surface area (Å²) >= 11 is 0. The van der Waals surface area contributed by atoms with Crippen molar-refractivity contribution in [3.63, 3.8) is 0 Å². The Hall–Kier alpha value is -2.34. The number of nitrogens with zero attached hydrogens (tertiary/aromatic N) is 3. The van der Waals surface area contributed by atoms with Crippen LogP contribution in [0.4, 0.5) is 0 Å². The van der Waals surface area contributed by atoms with Gasteiger partial charge in [0.05, 0.1) is 12.5 Å². The summed E-state index contributed by atoms with van der Waals surface area (Å²) in [5, 5.41) is 14.6. The zero-order valence-electron chi connectivity index (χ0n) is 15.6. The second-order valence-electron chi connectivity index (χ2n) is 6.77. The van der Waals surface area contributed by atoms with Gasteiger partial charge in [-0.05, 0) is 51.8 Å². The van der Waals surface area contributed by atoms with Crippen LogP contribution in [0.5, 0.6) is 11.5 Å². The average molecular weight is 357 g/mol. The number of phenols is 1. The van der Waals surface area contributed by atoms with E-state index < -0.39 is 0 Å². The van der Waals surface area contributed by atoms with E-state index in [1.807, 2.05) is 26.0 Å². The Morgan fingerprint density at radius 3 is 2.92 bits per heavy atom. The lowest BCUT2D eigenvalue weighted by atomic mass is 9.97. The third-order valence-electron chi connectivity index (χ3n) is 4.71. The smallest absolute Gasteiger partial charge is 0.231 e. The Morgan fingerprint density at radius 1 is 1.42 bits per heavy atom. The van der Waals surface area contributed by atoms with Crippen molar-refractivity contribution in [2.75, 3.05) is 19.7 Å². The fourth-order valence-electron chi connectivity index (χ4n) is 3.53. The molecule has 2 aromatic rings. The van der Waals surface area contributed by atoms with Crippen LogP contribution in [0.25, 0.3) is 0 Å². The highest BCUT2D eigenvalue weighted by atomic mass is 16.5. The molecule has 1 aromatic carbocycles. The number of likely N-dealkylation sites (tertiary alicyclic amines) is 1. The molecule has 2 heterocycles. The minimum atomic E-state index is 0.245. The third-order valence-corrected chi connectivity index (χ3v) is 4.71. The molecule has 6 heteroatoms. The minimum Gasteiger partial charge on any atom is -0.507 e. The molecule has 1 atom stereocenters. The van der Waals surface area contributed by atoms with Crippen LogP contribution in [-0.2, 0) is 13.0 Å². The number of aromatic nitrogens is 2. The predicted octanol–water partition coefficient (Wildman–Crippen LogP) is 3.59. The Labute approximate surface area is 154 Å². The van der Waals surface area contributed by atoms with Crippen molar-refractivity contribution in [1.82, 2.24) is 15.0 Å².